The second-order valence-electron chi connectivity index (χ2n) is 7.06. The van der Waals surface area contributed by atoms with Crippen molar-refractivity contribution in [1.29, 1.82) is 0 Å². The molecule has 6 nitrogen and oxygen atoms in total. The molecule has 27 heavy (non-hydrogen) atoms. The van der Waals surface area contributed by atoms with Gasteiger partial charge in [0, 0.05) is 36.0 Å². The number of aromatic nitrogens is 3. The van der Waals surface area contributed by atoms with Gasteiger partial charge < -0.3 is 14.4 Å². The van der Waals surface area contributed by atoms with Crippen LogP contribution in [0.25, 0.3) is 16.9 Å². The lowest BCUT2D eigenvalue weighted by molar-refractivity contribution is 0.355. The van der Waals surface area contributed by atoms with Gasteiger partial charge in [-0.15, -0.1) is 0 Å². The Morgan fingerprint density at radius 2 is 1.67 bits per heavy atom. The van der Waals surface area contributed by atoms with Crippen LogP contribution in [-0.2, 0) is 0 Å². The van der Waals surface area contributed by atoms with E-state index < -0.39 is 0 Å². The lowest BCUT2D eigenvalue weighted by Crippen LogP contribution is -2.32. The topological polar surface area (TPSA) is 51.9 Å². The van der Waals surface area contributed by atoms with Crippen LogP contribution in [0, 0.1) is 13.8 Å². The predicted molar refractivity (Wildman–Crippen MR) is 107 cm³/mol. The fourth-order valence-corrected chi connectivity index (χ4v) is 3.80. The number of ether oxygens (including phenoxy) is 2. The molecule has 0 aliphatic carbocycles. The number of anilines is 1. The van der Waals surface area contributed by atoms with E-state index in [1.165, 1.54) is 30.6 Å². The summed E-state index contributed by atoms with van der Waals surface area (Å²) in [6.07, 6.45) is 3.76. The molecule has 1 aliphatic rings. The molecule has 4 rings (SSSR count). The summed E-state index contributed by atoms with van der Waals surface area (Å²) in [4.78, 5) is 7.22. The highest BCUT2D eigenvalue weighted by atomic mass is 16.5. The van der Waals surface area contributed by atoms with E-state index in [1.54, 1.807) is 14.2 Å². The van der Waals surface area contributed by atoms with Crippen LogP contribution in [0.2, 0.25) is 0 Å². The maximum absolute atomic E-state index is 5.45. The Morgan fingerprint density at radius 1 is 0.926 bits per heavy atom. The monoisotopic (exact) mass is 366 g/mol. The Morgan fingerprint density at radius 3 is 2.37 bits per heavy atom. The molecule has 0 atom stereocenters. The summed E-state index contributed by atoms with van der Waals surface area (Å²) in [6.45, 7) is 6.37. The smallest absolute Gasteiger partial charge is 0.161 e. The Balaban J connectivity index is 1.85. The van der Waals surface area contributed by atoms with Crippen LogP contribution >= 0.6 is 0 Å². The average molecular weight is 366 g/mol. The molecule has 0 amide bonds. The fraction of sp³-hybridized carbons (Fsp3) is 0.429. The van der Waals surface area contributed by atoms with E-state index in [0.29, 0.717) is 11.5 Å². The number of benzene rings is 1. The second-order valence-corrected chi connectivity index (χ2v) is 7.06. The number of piperidine rings is 1. The summed E-state index contributed by atoms with van der Waals surface area (Å²) in [5, 5.41) is 4.91. The molecule has 0 saturated carbocycles. The van der Waals surface area contributed by atoms with Gasteiger partial charge in [0.2, 0.25) is 0 Å². The van der Waals surface area contributed by atoms with E-state index in [2.05, 4.69) is 18.7 Å². The first-order valence-corrected chi connectivity index (χ1v) is 9.46. The third kappa shape index (κ3) is 3.09. The van der Waals surface area contributed by atoms with Crippen molar-refractivity contribution in [3.05, 3.63) is 35.5 Å². The van der Waals surface area contributed by atoms with Crippen molar-refractivity contribution >= 4 is 11.5 Å². The lowest BCUT2D eigenvalue weighted by Gasteiger charge is -2.30. The van der Waals surface area contributed by atoms with Crippen LogP contribution in [0.5, 0.6) is 11.5 Å². The van der Waals surface area contributed by atoms with E-state index >= 15 is 0 Å². The van der Waals surface area contributed by atoms with Crippen molar-refractivity contribution in [1.82, 2.24) is 14.6 Å². The second kappa shape index (κ2) is 7.10. The molecule has 1 fully saturated rings. The number of aryl methyl sites for hydroxylation is 1. The van der Waals surface area contributed by atoms with Crippen molar-refractivity contribution in [2.45, 2.75) is 33.1 Å². The summed E-state index contributed by atoms with van der Waals surface area (Å²) in [6, 6.07) is 7.92. The van der Waals surface area contributed by atoms with Crippen molar-refractivity contribution in [2.24, 2.45) is 0 Å². The maximum Gasteiger partial charge on any atom is 0.161 e. The van der Waals surface area contributed by atoms with Crippen LogP contribution in [0.15, 0.2) is 24.3 Å². The Hall–Kier alpha value is -2.76. The van der Waals surface area contributed by atoms with Gasteiger partial charge in [0.1, 0.15) is 5.82 Å². The first kappa shape index (κ1) is 17.6. The highest BCUT2D eigenvalue weighted by Gasteiger charge is 2.20. The van der Waals surface area contributed by atoms with E-state index in [1.807, 2.05) is 28.8 Å². The van der Waals surface area contributed by atoms with Crippen molar-refractivity contribution in [3.63, 3.8) is 0 Å². The van der Waals surface area contributed by atoms with Gasteiger partial charge in [0.15, 0.2) is 17.1 Å². The maximum atomic E-state index is 5.45. The minimum Gasteiger partial charge on any atom is -0.493 e. The molecule has 0 bridgehead atoms. The molecule has 0 unspecified atom stereocenters. The molecular formula is C21H26N4O2. The van der Waals surface area contributed by atoms with Crippen LogP contribution in [0.4, 0.5) is 5.82 Å². The normalized spacial score (nSPS) is 14.6. The van der Waals surface area contributed by atoms with Crippen LogP contribution < -0.4 is 14.4 Å². The SMILES string of the molecule is COc1ccc(-c2cc3nc(C)c(C)c(N4CCCCC4)n3n2)cc1OC. The predicted octanol–water partition coefficient (Wildman–Crippen LogP) is 4.02. The summed E-state index contributed by atoms with van der Waals surface area (Å²) in [5.74, 6) is 2.58. The molecule has 0 radical (unpaired) electrons. The van der Waals surface area contributed by atoms with Gasteiger partial charge in [-0.2, -0.15) is 9.61 Å². The molecule has 6 heteroatoms. The molecule has 3 heterocycles. The first-order chi connectivity index (χ1) is 13.1. The Kier molecular flexibility index (Phi) is 4.64. The van der Waals surface area contributed by atoms with Crippen molar-refractivity contribution in [3.8, 4) is 22.8 Å². The summed E-state index contributed by atoms with van der Waals surface area (Å²) >= 11 is 0. The zero-order chi connectivity index (χ0) is 19.0. The van der Waals surface area contributed by atoms with Crippen LogP contribution in [0.3, 0.4) is 0 Å². The number of nitrogens with zero attached hydrogens (tertiary/aromatic N) is 4. The minimum atomic E-state index is 0.698. The molecular weight excluding hydrogens is 340 g/mol. The van der Waals surface area contributed by atoms with Gasteiger partial charge in [-0.1, -0.05) is 0 Å². The Labute approximate surface area is 159 Å². The van der Waals surface area contributed by atoms with E-state index in [9.17, 15) is 0 Å². The number of rotatable bonds is 4. The van der Waals surface area contributed by atoms with Gasteiger partial charge in [0.25, 0.3) is 0 Å². The quantitative estimate of drug-likeness (QED) is 0.698. The Bertz CT molecular complexity index is 974. The highest BCUT2D eigenvalue weighted by Crippen LogP contribution is 2.33. The van der Waals surface area contributed by atoms with Crippen LogP contribution in [-0.4, -0.2) is 41.9 Å². The minimum absolute atomic E-state index is 0.698. The number of methoxy groups -OCH3 is 2. The summed E-state index contributed by atoms with van der Waals surface area (Å²) in [7, 11) is 3.29. The lowest BCUT2D eigenvalue weighted by atomic mass is 10.1. The van der Waals surface area contributed by atoms with Gasteiger partial charge in [0.05, 0.1) is 19.9 Å². The standard InChI is InChI=1S/C21H26N4O2/c1-14-15(2)22-20-13-17(16-8-9-18(26-3)19(12-16)27-4)23-25(20)21(14)24-10-6-5-7-11-24/h8-9,12-13H,5-7,10-11H2,1-4H3. The zero-order valence-electron chi connectivity index (χ0n) is 16.5. The van der Waals surface area contributed by atoms with Crippen molar-refractivity contribution in [2.75, 3.05) is 32.2 Å². The third-order valence-electron chi connectivity index (χ3n) is 5.39. The van der Waals surface area contributed by atoms with Gasteiger partial charge in [-0.3, -0.25) is 0 Å². The van der Waals surface area contributed by atoms with E-state index in [-0.39, 0.29) is 0 Å². The van der Waals surface area contributed by atoms with Crippen LogP contribution in [0.1, 0.15) is 30.5 Å². The molecule has 0 spiro atoms. The number of hydrogen-bond acceptors (Lipinski definition) is 5. The largest absolute Gasteiger partial charge is 0.493 e. The van der Waals surface area contributed by atoms with E-state index in [0.717, 1.165) is 35.7 Å². The molecule has 0 N–H and O–H groups in total. The average Bonchev–Trinajstić information content (AvgIpc) is 3.12. The van der Waals surface area contributed by atoms with Gasteiger partial charge in [-0.25, -0.2) is 4.98 Å². The fourth-order valence-electron chi connectivity index (χ4n) is 3.80. The molecule has 2 aromatic heterocycles. The number of hydrogen-bond donors (Lipinski definition) is 0. The molecule has 1 saturated heterocycles. The highest BCUT2D eigenvalue weighted by molar-refractivity contribution is 5.69. The first-order valence-electron chi connectivity index (χ1n) is 9.46. The third-order valence-corrected chi connectivity index (χ3v) is 5.39. The van der Waals surface area contributed by atoms with Crippen molar-refractivity contribution < 1.29 is 9.47 Å². The van der Waals surface area contributed by atoms with Gasteiger partial charge in [-0.05, 0) is 51.3 Å². The molecule has 3 aromatic rings. The zero-order valence-corrected chi connectivity index (χ0v) is 16.5. The summed E-state index contributed by atoms with van der Waals surface area (Å²) in [5.41, 5.74) is 5.00. The molecule has 142 valence electrons. The summed E-state index contributed by atoms with van der Waals surface area (Å²) < 4.78 is 12.8. The number of fused-ring (bicyclic) bond motifs is 1. The molecule has 1 aliphatic heterocycles. The van der Waals surface area contributed by atoms with E-state index in [4.69, 9.17) is 19.6 Å². The molecule has 1 aromatic carbocycles. The van der Waals surface area contributed by atoms with Gasteiger partial charge >= 0.3 is 0 Å².